The molecule has 1 atom stereocenters. The predicted octanol–water partition coefficient (Wildman–Crippen LogP) is 1.53. The number of hydrogen-bond donors (Lipinski definition) is 0. The Morgan fingerprint density at radius 2 is 1.56 bits per heavy atom. The molecule has 0 aliphatic carbocycles. The first-order valence-corrected chi connectivity index (χ1v) is 5.62. The third kappa shape index (κ3) is 4.84. The van der Waals surface area contributed by atoms with E-state index in [1.165, 1.54) is 0 Å². The van der Waals surface area contributed by atoms with E-state index in [1.54, 1.807) is 7.11 Å². The summed E-state index contributed by atoms with van der Waals surface area (Å²) < 4.78 is 5.48. The van der Waals surface area contributed by atoms with Gasteiger partial charge in [0.05, 0.1) is 12.6 Å². The van der Waals surface area contributed by atoms with Crippen molar-refractivity contribution in [2.24, 2.45) is 10.4 Å². The molecule has 0 aromatic heterocycles. The molecule has 0 bridgehead atoms. The van der Waals surface area contributed by atoms with Crippen LogP contribution in [0.1, 0.15) is 20.8 Å². The lowest BCUT2D eigenvalue weighted by atomic mass is 9.89. The molecule has 0 radical (unpaired) electrons. The summed E-state index contributed by atoms with van der Waals surface area (Å²) in [4.78, 5) is 8.62. The molecule has 0 heterocycles. The fourth-order valence-corrected chi connectivity index (χ4v) is 1.55. The Bertz CT molecular complexity index is 219. The molecule has 96 valence electrons. The lowest BCUT2D eigenvalue weighted by Crippen LogP contribution is -2.38. The lowest BCUT2D eigenvalue weighted by Gasteiger charge is -2.29. The van der Waals surface area contributed by atoms with Crippen molar-refractivity contribution in [2.45, 2.75) is 26.9 Å². The highest BCUT2D eigenvalue weighted by atomic mass is 16.5. The molecule has 0 saturated heterocycles. The van der Waals surface area contributed by atoms with E-state index < -0.39 is 0 Å². The third-order valence-corrected chi connectivity index (χ3v) is 2.45. The molecule has 0 saturated carbocycles. The quantitative estimate of drug-likeness (QED) is 0.542. The van der Waals surface area contributed by atoms with Crippen LogP contribution in [0.25, 0.3) is 0 Å². The molecule has 0 aliphatic rings. The molecular formula is C12H27N3O. The van der Waals surface area contributed by atoms with E-state index in [9.17, 15) is 0 Å². The largest absolute Gasteiger partial charge is 0.379 e. The minimum atomic E-state index is 0.113. The van der Waals surface area contributed by atoms with Gasteiger partial charge in [-0.25, -0.2) is 0 Å². The van der Waals surface area contributed by atoms with Crippen LogP contribution in [-0.2, 0) is 4.74 Å². The van der Waals surface area contributed by atoms with Gasteiger partial charge in [0.25, 0.3) is 0 Å². The second kappa shape index (κ2) is 6.09. The fraction of sp³-hybridized carbons (Fsp3) is 0.917. The number of aliphatic imine (C=N–C) groups is 1. The summed E-state index contributed by atoms with van der Waals surface area (Å²) in [6, 6.07) is 0. The van der Waals surface area contributed by atoms with Crippen molar-refractivity contribution in [3.05, 3.63) is 0 Å². The first-order chi connectivity index (χ1) is 7.20. The van der Waals surface area contributed by atoms with Crippen LogP contribution in [0.15, 0.2) is 4.99 Å². The highest BCUT2D eigenvalue weighted by Crippen LogP contribution is 2.21. The molecule has 0 aromatic rings. The number of guanidine groups is 1. The molecule has 0 aliphatic heterocycles. The maximum atomic E-state index is 5.48. The predicted molar refractivity (Wildman–Crippen MR) is 69.9 cm³/mol. The van der Waals surface area contributed by atoms with E-state index in [2.05, 4.69) is 25.8 Å². The zero-order valence-electron chi connectivity index (χ0n) is 12.0. The molecule has 4 nitrogen and oxygen atoms in total. The zero-order valence-corrected chi connectivity index (χ0v) is 12.0. The number of methoxy groups -OCH3 is 1. The van der Waals surface area contributed by atoms with E-state index >= 15 is 0 Å². The molecule has 16 heavy (non-hydrogen) atoms. The van der Waals surface area contributed by atoms with Gasteiger partial charge in [0, 0.05) is 35.3 Å². The molecule has 0 aromatic carbocycles. The Kier molecular flexibility index (Phi) is 5.79. The van der Waals surface area contributed by atoms with E-state index in [1.807, 2.05) is 38.0 Å². The van der Waals surface area contributed by atoms with Crippen LogP contribution in [0, 0.1) is 5.41 Å². The molecule has 0 N–H and O–H groups in total. The lowest BCUT2D eigenvalue weighted by molar-refractivity contribution is 0.0239. The van der Waals surface area contributed by atoms with Gasteiger partial charge >= 0.3 is 0 Å². The van der Waals surface area contributed by atoms with Crippen molar-refractivity contribution in [1.82, 2.24) is 9.80 Å². The molecule has 0 unspecified atom stereocenters. The van der Waals surface area contributed by atoms with Crippen LogP contribution in [0.3, 0.4) is 0 Å². The number of nitrogens with zero attached hydrogens (tertiary/aromatic N) is 3. The van der Waals surface area contributed by atoms with Gasteiger partial charge in [-0.05, 0) is 5.41 Å². The number of ether oxygens (including phenoxy) is 1. The van der Waals surface area contributed by atoms with Crippen LogP contribution >= 0.6 is 0 Å². The van der Waals surface area contributed by atoms with Crippen LogP contribution in [0.4, 0.5) is 0 Å². The second-order valence-electron chi connectivity index (χ2n) is 5.52. The van der Waals surface area contributed by atoms with Crippen LogP contribution in [0.5, 0.6) is 0 Å². The summed E-state index contributed by atoms with van der Waals surface area (Å²) in [5.41, 5.74) is 0.113. The highest BCUT2D eigenvalue weighted by Gasteiger charge is 2.24. The van der Waals surface area contributed by atoms with Gasteiger partial charge in [-0.1, -0.05) is 20.8 Å². The molecular weight excluding hydrogens is 202 g/mol. The summed E-state index contributed by atoms with van der Waals surface area (Å²) in [6.45, 7) is 7.19. The minimum Gasteiger partial charge on any atom is -0.379 e. The Morgan fingerprint density at radius 3 is 1.81 bits per heavy atom. The summed E-state index contributed by atoms with van der Waals surface area (Å²) >= 11 is 0. The summed E-state index contributed by atoms with van der Waals surface area (Å²) in [7, 11) is 9.74. The minimum absolute atomic E-state index is 0.113. The van der Waals surface area contributed by atoms with E-state index in [-0.39, 0.29) is 11.5 Å². The molecule has 0 spiro atoms. The van der Waals surface area contributed by atoms with E-state index in [0.717, 1.165) is 5.96 Å². The van der Waals surface area contributed by atoms with Gasteiger partial charge in [0.2, 0.25) is 0 Å². The van der Waals surface area contributed by atoms with Gasteiger partial charge in [0.15, 0.2) is 5.96 Å². The van der Waals surface area contributed by atoms with Crippen molar-refractivity contribution in [3.8, 4) is 0 Å². The van der Waals surface area contributed by atoms with Crippen molar-refractivity contribution < 1.29 is 4.74 Å². The van der Waals surface area contributed by atoms with Gasteiger partial charge in [-0.15, -0.1) is 0 Å². The van der Waals surface area contributed by atoms with Crippen LogP contribution in [0.2, 0.25) is 0 Å². The Hall–Kier alpha value is -0.770. The summed E-state index contributed by atoms with van der Waals surface area (Å²) in [5.74, 6) is 0.964. The average Bonchev–Trinajstić information content (AvgIpc) is 2.08. The maximum Gasteiger partial charge on any atom is 0.195 e. The Labute approximate surface area is 100 Å². The topological polar surface area (TPSA) is 28.1 Å². The second-order valence-corrected chi connectivity index (χ2v) is 5.52. The maximum absolute atomic E-state index is 5.48. The third-order valence-electron chi connectivity index (χ3n) is 2.45. The normalized spacial score (nSPS) is 13.2. The first kappa shape index (κ1) is 15.2. The summed E-state index contributed by atoms with van der Waals surface area (Å²) in [6.07, 6.45) is 0.141. The Balaban J connectivity index is 4.64. The van der Waals surface area contributed by atoms with E-state index in [0.29, 0.717) is 6.54 Å². The monoisotopic (exact) mass is 229 g/mol. The molecule has 4 heteroatoms. The first-order valence-electron chi connectivity index (χ1n) is 5.62. The average molecular weight is 229 g/mol. The fourth-order valence-electron chi connectivity index (χ4n) is 1.55. The van der Waals surface area contributed by atoms with Crippen molar-refractivity contribution in [3.63, 3.8) is 0 Å². The smallest absolute Gasteiger partial charge is 0.195 e. The molecule has 0 amide bonds. The zero-order chi connectivity index (χ0) is 12.9. The van der Waals surface area contributed by atoms with Crippen LogP contribution in [-0.4, -0.2) is 63.7 Å². The van der Waals surface area contributed by atoms with Gasteiger partial charge in [-0.3, -0.25) is 4.99 Å². The van der Waals surface area contributed by atoms with Gasteiger partial charge in [-0.2, -0.15) is 0 Å². The van der Waals surface area contributed by atoms with Crippen molar-refractivity contribution in [1.29, 1.82) is 0 Å². The van der Waals surface area contributed by atoms with Crippen molar-refractivity contribution >= 4 is 5.96 Å². The standard InChI is InChI=1S/C12H27N3O/c1-12(2,3)10(16-8)9-13-11(14(4)5)15(6)7/h10H,9H2,1-8H3/t10-/m1/s1. The van der Waals surface area contributed by atoms with E-state index in [4.69, 9.17) is 4.74 Å². The summed E-state index contributed by atoms with van der Waals surface area (Å²) in [5, 5.41) is 0. The van der Waals surface area contributed by atoms with Gasteiger partial charge < -0.3 is 14.5 Å². The number of rotatable bonds is 3. The molecule has 0 fully saturated rings. The van der Waals surface area contributed by atoms with Crippen LogP contribution < -0.4 is 0 Å². The Morgan fingerprint density at radius 1 is 1.12 bits per heavy atom. The highest BCUT2D eigenvalue weighted by molar-refractivity contribution is 5.79. The number of hydrogen-bond acceptors (Lipinski definition) is 2. The van der Waals surface area contributed by atoms with Crippen molar-refractivity contribution in [2.75, 3.05) is 41.8 Å². The molecule has 0 rings (SSSR count). The SMILES string of the molecule is CO[C@H](CN=C(N(C)C)N(C)C)C(C)(C)C. The van der Waals surface area contributed by atoms with Gasteiger partial charge in [0.1, 0.15) is 0 Å².